The Kier molecular flexibility index (Phi) is 5.50. The van der Waals surface area contributed by atoms with Gasteiger partial charge in [0, 0.05) is 20.9 Å². The zero-order valence-electron chi connectivity index (χ0n) is 9.71. The van der Waals surface area contributed by atoms with E-state index in [0.29, 0.717) is 6.04 Å². The van der Waals surface area contributed by atoms with E-state index in [1.54, 1.807) is 11.3 Å². The van der Waals surface area contributed by atoms with E-state index >= 15 is 0 Å². The molecule has 0 bridgehead atoms. The Morgan fingerprint density at radius 2 is 2.17 bits per heavy atom. The second-order valence-corrected chi connectivity index (χ2v) is 8.04. The third kappa shape index (κ3) is 3.70. The molecule has 0 spiro atoms. The number of hydrogen-bond donors (Lipinski definition) is 1. The molecule has 0 saturated carbocycles. The highest BCUT2D eigenvalue weighted by Crippen LogP contribution is 2.29. The fourth-order valence-electron chi connectivity index (χ4n) is 1.78. The maximum atomic E-state index is 6.18. The third-order valence-corrected chi connectivity index (χ3v) is 5.95. The minimum absolute atomic E-state index is 0.296. The smallest absolute Gasteiger partial charge is 0.0701 e. The molecule has 2 aromatic rings. The topological polar surface area (TPSA) is 12.0 Å². The number of likely N-dealkylation sites (N-methyl/N-ethyl adjacent to an activating group) is 1. The monoisotopic (exact) mass is 455 g/mol. The van der Waals surface area contributed by atoms with Crippen molar-refractivity contribution < 1.29 is 0 Å². The van der Waals surface area contributed by atoms with Crippen molar-refractivity contribution in [3.63, 3.8) is 0 Å². The number of nitrogens with one attached hydrogen (secondary N) is 1. The number of thiophene rings is 1. The van der Waals surface area contributed by atoms with Gasteiger partial charge in [0.1, 0.15) is 0 Å². The molecule has 0 radical (unpaired) electrons. The first-order chi connectivity index (χ1) is 8.60. The molecule has 0 aliphatic heterocycles. The van der Waals surface area contributed by atoms with Crippen LogP contribution in [0.5, 0.6) is 0 Å². The second-order valence-electron chi connectivity index (χ2n) is 3.92. The van der Waals surface area contributed by atoms with Gasteiger partial charge in [-0.3, -0.25) is 0 Å². The van der Waals surface area contributed by atoms with Crippen molar-refractivity contribution in [2.24, 2.45) is 0 Å². The van der Waals surface area contributed by atoms with Gasteiger partial charge >= 0.3 is 0 Å². The molecule has 1 atom stereocenters. The molecule has 1 aromatic heterocycles. The van der Waals surface area contributed by atoms with Crippen LogP contribution in [0.25, 0.3) is 0 Å². The Morgan fingerprint density at radius 3 is 2.72 bits per heavy atom. The first-order valence-corrected chi connectivity index (χ1v) is 8.53. The molecular weight excluding hydrogens is 444 g/mol. The summed E-state index contributed by atoms with van der Waals surface area (Å²) < 4.78 is 2.26. The van der Waals surface area contributed by atoms with E-state index in [4.69, 9.17) is 11.6 Å². The molecule has 18 heavy (non-hydrogen) atoms. The van der Waals surface area contributed by atoms with Crippen LogP contribution in [-0.4, -0.2) is 7.05 Å². The summed E-state index contributed by atoms with van der Waals surface area (Å²) in [5.41, 5.74) is 1.23. The summed E-state index contributed by atoms with van der Waals surface area (Å²) in [6.45, 7) is 0. The lowest BCUT2D eigenvalue weighted by molar-refractivity contribution is 0.596. The zero-order chi connectivity index (χ0) is 13.1. The third-order valence-electron chi connectivity index (χ3n) is 2.73. The average molecular weight is 457 g/mol. The minimum Gasteiger partial charge on any atom is -0.313 e. The summed E-state index contributed by atoms with van der Waals surface area (Å²) in [6, 6.07) is 10.8. The van der Waals surface area contributed by atoms with Crippen LogP contribution in [-0.2, 0) is 6.42 Å². The number of rotatable bonds is 4. The van der Waals surface area contributed by atoms with E-state index in [-0.39, 0.29) is 0 Å². The van der Waals surface area contributed by atoms with E-state index in [2.05, 4.69) is 68.1 Å². The highest BCUT2D eigenvalue weighted by atomic mass is 127. The average Bonchev–Trinajstić information content (AvgIpc) is 2.75. The Labute approximate surface area is 138 Å². The fraction of sp³-hybridized carbons (Fsp3) is 0.231. The predicted octanol–water partition coefficient (Wildman–Crippen LogP) is 5.27. The molecule has 1 aromatic carbocycles. The van der Waals surface area contributed by atoms with Crippen LogP contribution in [0, 0.1) is 3.57 Å². The van der Waals surface area contributed by atoms with Crippen molar-refractivity contribution in [2.45, 2.75) is 12.5 Å². The van der Waals surface area contributed by atoms with E-state index < -0.39 is 0 Å². The van der Waals surface area contributed by atoms with Crippen molar-refractivity contribution in [3.8, 4) is 0 Å². The van der Waals surface area contributed by atoms with Crippen LogP contribution in [0.1, 0.15) is 16.5 Å². The van der Waals surface area contributed by atoms with Crippen molar-refractivity contribution in [3.05, 3.63) is 53.2 Å². The molecule has 1 heterocycles. The zero-order valence-corrected chi connectivity index (χ0v) is 15.0. The summed E-state index contributed by atoms with van der Waals surface area (Å²) in [5.74, 6) is 0. The molecule has 0 fully saturated rings. The van der Waals surface area contributed by atoms with Gasteiger partial charge in [0.15, 0.2) is 0 Å². The molecule has 0 amide bonds. The van der Waals surface area contributed by atoms with Crippen LogP contribution >= 0.6 is 61.5 Å². The largest absolute Gasteiger partial charge is 0.313 e. The van der Waals surface area contributed by atoms with Gasteiger partial charge in [-0.05, 0) is 75.4 Å². The molecule has 2 rings (SSSR count). The highest BCUT2D eigenvalue weighted by molar-refractivity contribution is 14.1. The summed E-state index contributed by atoms with van der Waals surface area (Å²) in [5, 5.41) is 4.17. The van der Waals surface area contributed by atoms with E-state index in [9.17, 15) is 0 Å². The van der Waals surface area contributed by atoms with Crippen molar-refractivity contribution in [1.29, 1.82) is 0 Å². The summed E-state index contributed by atoms with van der Waals surface area (Å²) in [7, 11) is 1.99. The van der Waals surface area contributed by atoms with Crippen LogP contribution in [0.2, 0.25) is 5.02 Å². The molecule has 5 heteroatoms. The van der Waals surface area contributed by atoms with Crippen LogP contribution in [0.15, 0.2) is 34.1 Å². The molecule has 1 N–H and O–H groups in total. The van der Waals surface area contributed by atoms with Gasteiger partial charge in [0.05, 0.1) is 8.81 Å². The van der Waals surface area contributed by atoms with Gasteiger partial charge in [-0.2, -0.15) is 0 Å². The first kappa shape index (κ1) is 14.8. The van der Waals surface area contributed by atoms with Crippen LogP contribution in [0.4, 0.5) is 0 Å². The molecule has 0 saturated heterocycles. The molecule has 0 aliphatic rings. The molecule has 1 unspecified atom stereocenters. The van der Waals surface area contributed by atoms with Crippen LogP contribution < -0.4 is 5.32 Å². The Hall–Kier alpha value is 0.380. The van der Waals surface area contributed by atoms with Gasteiger partial charge in [0.25, 0.3) is 0 Å². The number of halogens is 3. The van der Waals surface area contributed by atoms with E-state index in [1.807, 2.05) is 13.1 Å². The Morgan fingerprint density at radius 1 is 1.39 bits per heavy atom. The SMILES string of the molecule is CNC(Cc1ccc(Br)s1)c1ccc(I)c(Cl)c1. The van der Waals surface area contributed by atoms with Gasteiger partial charge in [-0.25, -0.2) is 0 Å². The predicted molar refractivity (Wildman–Crippen MR) is 91.7 cm³/mol. The Bertz CT molecular complexity index is 544. The van der Waals surface area contributed by atoms with Crippen molar-refractivity contribution in [1.82, 2.24) is 5.32 Å². The first-order valence-electron chi connectivity index (χ1n) is 5.46. The van der Waals surface area contributed by atoms with E-state index in [0.717, 1.165) is 15.0 Å². The van der Waals surface area contributed by atoms with Gasteiger partial charge in [0.2, 0.25) is 0 Å². The maximum Gasteiger partial charge on any atom is 0.0701 e. The van der Waals surface area contributed by atoms with Crippen molar-refractivity contribution >= 4 is 61.5 Å². The summed E-state index contributed by atoms with van der Waals surface area (Å²) in [6.07, 6.45) is 0.976. The Balaban J connectivity index is 2.19. The minimum atomic E-state index is 0.296. The van der Waals surface area contributed by atoms with Gasteiger partial charge < -0.3 is 5.32 Å². The molecule has 1 nitrogen and oxygen atoms in total. The quantitative estimate of drug-likeness (QED) is 0.618. The lowest BCUT2D eigenvalue weighted by atomic mass is 10.0. The van der Waals surface area contributed by atoms with Gasteiger partial charge in [-0.1, -0.05) is 17.7 Å². The van der Waals surface area contributed by atoms with Crippen LogP contribution in [0.3, 0.4) is 0 Å². The normalized spacial score (nSPS) is 12.7. The molecular formula is C13H12BrClINS. The molecule has 96 valence electrons. The lowest BCUT2D eigenvalue weighted by Gasteiger charge is -2.16. The fourth-order valence-corrected chi connectivity index (χ4v) is 3.83. The van der Waals surface area contributed by atoms with Gasteiger partial charge in [-0.15, -0.1) is 11.3 Å². The summed E-state index contributed by atoms with van der Waals surface area (Å²) >= 11 is 13.7. The summed E-state index contributed by atoms with van der Waals surface area (Å²) in [4.78, 5) is 1.36. The lowest BCUT2D eigenvalue weighted by Crippen LogP contribution is -2.18. The molecule has 0 aliphatic carbocycles. The highest BCUT2D eigenvalue weighted by Gasteiger charge is 2.12. The van der Waals surface area contributed by atoms with E-state index in [1.165, 1.54) is 14.2 Å². The second kappa shape index (κ2) is 6.70. The van der Waals surface area contributed by atoms with Crippen molar-refractivity contribution in [2.75, 3.05) is 7.05 Å². The number of benzene rings is 1. The standard InChI is InChI=1S/C13H12BrClINS/c1-17-12(7-9-3-5-13(14)18-9)8-2-4-11(16)10(15)6-8/h2-6,12,17H,7H2,1H3. The maximum absolute atomic E-state index is 6.18. The number of hydrogen-bond acceptors (Lipinski definition) is 2.